The number of aliphatic hydroxyl groups is 1. The van der Waals surface area contributed by atoms with E-state index in [1.807, 2.05) is 0 Å². The Bertz CT molecular complexity index is 1970. The van der Waals surface area contributed by atoms with E-state index in [0.717, 1.165) is 116 Å². The first kappa shape index (κ1) is 94.5. The largest absolute Gasteiger partial charge is 0.472 e. The van der Waals surface area contributed by atoms with Crippen LogP contribution in [-0.4, -0.2) is 96.7 Å². The molecular formula is C78H148O17P2. The van der Waals surface area contributed by atoms with E-state index in [1.165, 1.54) is 173 Å². The fourth-order valence-electron chi connectivity index (χ4n) is 11.5. The predicted molar refractivity (Wildman–Crippen MR) is 395 cm³/mol. The molecule has 19 heteroatoms. The number of carbonyl (C=O) groups is 4. The Kier molecular flexibility index (Phi) is 67.5. The summed E-state index contributed by atoms with van der Waals surface area (Å²) in [4.78, 5) is 72.8. The van der Waals surface area contributed by atoms with Crippen LogP contribution in [0.4, 0.5) is 0 Å². The fourth-order valence-corrected chi connectivity index (χ4v) is 13.0. The molecule has 17 nitrogen and oxygen atoms in total. The van der Waals surface area contributed by atoms with E-state index >= 15 is 0 Å². The minimum atomic E-state index is -4.97. The summed E-state index contributed by atoms with van der Waals surface area (Å²) in [5, 5.41) is 10.6. The number of esters is 4. The molecule has 0 bridgehead atoms. The molecule has 0 aromatic heterocycles. The zero-order valence-electron chi connectivity index (χ0n) is 62.9. The number of allylic oxidation sites excluding steroid dienone is 4. The van der Waals surface area contributed by atoms with Gasteiger partial charge < -0.3 is 33.8 Å². The quantitative estimate of drug-likeness (QED) is 0.0169. The monoisotopic (exact) mass is 1420 g/mol. The molecule has 572 valence electrons. The molecule has 0 radical (unpaired) electrons. The van der Waals surface area contributed by atoms with Gasteiger partial charge in [-0.05, 0) is 63.2 Å². The summed E-state index contributed by atoms with van der Waals surface area (Å²) in [5.74, 6) is -0.752. The highest BCUT2D eigenvalue weighted by Crippen LogP contribution is 2.45. The van der Waals surface area contributed by atoms with Gasteiger partial charge >= 0.3 is 39.5 Å². The van der Waals surface area contributed by atoms with Crippen LogP contribution in [0.15, 0.2) is 24.3 Å². The number of aliphatic hydroxyl groups excluding tert-OH is 1. The third kappa shape index (κ3) is 71.7. The second-order valence-electron chi connectivity index (χ2n) is 28.4. The first-order valence-corrected chi connectivity index (χ1v) is 42.8. The van der Waals surface area contributed by atoms with E-state index in [0.29, 0.717) is 37.5 Å². The number of phosphoric ester groups is 2. The van der Waals surface area contributed by atoms with Gasteiger partial charge in [-0.3, -0.25) is 37.3 Å². The normalized spacial score (nSPS) is 14.1. The molecule has 0 spiro atoms. The van der Waals surface area contributed by atoms with Crippen molar-refractivity contribution in [3.05, 3.63) is 24.3 Å². The average molecular weight is 1420 g/mol. The summed E-state index contributed by atoms with van der Waals surface area (Å²) in [6.07, 6.45) is 60.9. The second kappa shape index (κ2) is 69.3. The number of phosphoric acid groups is 2. The van der Waals surface area contributed by atoms with Crippen molar-refractivity contribution in [1.82, 2.24) is 0 Å². The Morgan fingerprint density at radius 2 is 0.557 bits per heavy atom. The van der Waals surface area contributed by atoms with Crippen LogP contribution in [0.2, 0.25) is 0 Å². The van der Waals surface area contributed by atoms with Crippen molar-refractivity contribution in [3.63, 3.8) is 0 Å². The van der Waals surface area contributed by atoms with Gasteiger partial charge in [0, 0.05) is 25.7 Å². The van der Waals surface area contributed by atoms with Gasteiger partial charge in [0.05, 0.1) is 26.4 Å². The fraction of sp³-hybridized carbons (Fsp3) is 0.897. The lowest BCUT2D eigenvalue weighted by Crippen LogP contribution is -2.30. The number of hydrogen-bond donors (Lipinski definition) is 3. The predicted octanol–water partition coefficient (Wildman–Crippen LogP) is 22.7. The third-order valence-corrected chi connectivity index (χ3v) is 19.5. The Morgan fingerprint density at radius 1 is 0.320 bits per heavy atom. The smallest absolute Gasteiger partial charge is 0.462 e. The van der Waals surface area contributed by atoms with Crippen LogP contribution in [0, 0.1) is 11.8 Å². The van der Waals surface area contributed by atoms with E-state index in [9.17, 15) is 43.2 Å². The van der Waals surface area contributed by atoms with E-state index in [1.54, 1.807) is 0 Å². The molecular weight excluding hydrogens is 1270 g/mol. The molecule has 0 aliphatic heterocycles. The van der Waals surface area contributed by atoms with Crippen molar-refractivity contribution >= 4 is 39.5 Å². The third-order valence-electron chi connectivity index (χ3n) is 17.6. The van der Waals surface area contributed by atoms with E-state index in [4.69, 9.17) is 37.0 Å². The maximum absolute atomic E-state index is 13.1. The molecule has 0 aliphatic rings. The molecule has 0 fully saturated rings. The Balaban J connectivity index is 5.21. The van der Waals surface area contributed by atoms with Gasteiger partial charge in [-0.1, -0.05) is 329 Å². The maximum atomic E-state index is 13.1. The number of ether oxygens (including phenoxy) is 4. The highest BCUT2D eigenvalue weighted by atomic mass is 31.2. The molecule has 5 atom stereocenters. The summed E-state index contributed by atoms with van der Waals surface area (Å²) in [5.41, 5.74) is 0. The lowest BCUT2D eigenvalue weighted by Gasteiger charge is -2.21. The van der Waals surface area contributed by atoms with Crippen molar-refractivity contribution in [3.8, 4) is 0 Å². The summed E-state index contributed by atoms with van der Waals surface area (Å²) >= 11 is 0. The minimum Gasteiger partial charge on any atom is -0.462 e. The average Bonchev–Trinajstić information content (AvgIpc) is 1.60. The highest BCUT2D eigenvalue weighted by Gasteiger charge is 2.30. The summed E-state index contributed by atoms with van der Waals surface area (Å²) in [6, 6.07) is 0. The second-order valence-corrected chi connectivity index (χ2v) is 31.3. The topological polar surface area (TPSA) is 237 Å². The van der Waals surface area contributed by atoms with Crippen molar-refractivity contribution in [2.45, 2.75) is 400 Å². The van der Waals surface area contributed by atoms with Gasteiger partial charge in [0.25, 0.3) is 0 Å². The van der Waals surface area contributed by atoms with Crippen molar-refractivity contribution in [2.75, 3.05) is 39.6 Å². The summed E-state index contributed by atoms with van der Waals surface area (Å²) in [7, 11) is -9.92. The zero-order valence-corrected chi connectivity index (χ0v) is 64.7. The van der Waals surface area contributed by atoms with E-state index in [-0.39, 0.29) is 25.7 Å². The molecule has 0 aromatic rings. The highest BCUT2D eigenvalue weighted by molar-refractivity contribution is 7.47. The molecule has 0 rings (SSSR count). The number of hydrogen-bond acceptors (Lipinski definition) is 15. The van der Waals surface area contributed by atoms with Gasteiger partial charge in [0.15, 0.2) is 12.2 Å². The summed E-state index contributed by atoms with van der Waals surface area (Å²) < 4.78 is 68.4. The van der Waals surface area contributed by atoms with Gasteiger partial charge in [0.1, 0.15) is 19.3 Å². The standard InChI is InChI=1S/C78H148O17P2/c1-7-9-11-13-15-17-19-21-23-24-25-26-27-28-29-31-33-35-37-43-50-56-62-77(82)94-73(66-88-75(80)60-54-48-42-36-34-32-30-22-20-18-16-14-12-10-8-2)68-92-96(84,85)90-64-72(79)65-91-97(86,87)93-69-74(95-78(83)63-57-51-45-39-41-47-53-59-71(5)6)67-89-76(81)61-55-49-44-38-40-46-52-58-70(3)4/h18,20,22,30,70-74,79H,7-17,19,21,23-29,31-69H2,1-6H3,(H,84,85)(H,86,87)/b20-18-,30-22-/t72-,73-,74-/m1/s1. The number of rotatable bonds is 75. The minimum absolute atomic E-state index is 0.100. The molecule has 97 heavy (non-hydrogen) atoms. The van der Waals surface area contributed by atoms with E-state index in [2.05, 4.69) is 65.8 Å². The molecule has 3 N–H and O–H groups in total. The Morgan fingerprint density at radius 3 is 0.845 bits per heavy atom. The molecule has 0 aromatic carbocycles. The van der Waals surface area contributed by atoms with Crippen molar-refractivity contribution < 1.29 is 80.2 Å². The van der Waals surface area contributed by atoms with Crippen molar-refractivity contribution in [2.24, 2.45) is 11.8 Å². The van der Waals surface area contributed by atoms with Gasteiger partial charge in [-0.15, -0.1) is 0 Å². The molecule has 0 saturated carbocycles. The molecule has 0 heterocycles. The van der Waals surface area contributed by atoms with Crippen LogP contribution in [0.3, 0.4) is 0 Å². The SMILES string of the molecule is CCCCCC/C=C\C=C/CCCCCCCC(=O)OC[C@H](COP(=O)(O)OC[C@@H](O)COP(=O)(O)OC[C@@H](COC(=O)CCCCCCCCCC(C)C)OC(=O)CCCCCCCCCC(C)C)OC(=O)CCCCCCCCCCCCCCCCCCCCCCCC. The van der Waals surface area contributed by atoms with Crippen LogP contribution in [-0.2, 0) is 65.4 Å². The summed E-state index contributed by atoms with van der Waals surface area (Å²) in [6.45, 7) is 9.41. The lowest BCUT2D eigenvalue weighted by atomic mass is 10.0. The molecule has 0 aliphatic carbocycles. The van der Waals surface area contributed by atoms with Crippen LogP contribution in [0.1, 0.15) is 382 Å². The van der Waals surface area contributed by atoms with Crippen LogP contribution in [0.25, 0.3) is 0 Å². The van der Waals surface area contributed by atoms with E-state index < -0.39 is 97.5 Å². The number of carbonyl (C=O) groups excluding carboxylic acids is 4. The van der Waals surface area contributed by atoms with Crippen LogP contribution < -0.4 is 0 Å². The first-order valence-electron chi connectivity index (χ1n) is 39.8. The van der Waals surface area contributed by atoms with Gasteiger partial charge in [-0.25, -0.2) is 9.13 Å². The number of unbranched alkanes of at least 4 members (excludes halogenated alkanes) is 42. The first-order chi connectivity index (χ1) is 46.9. The van der Waals surface area contributed by atoms with Crippen molar-refractivity contribution in [1.29, 1.82) is 0 Å². The maximum Gasteiger partial charge on any atom is 0.472 e. The van der Waals surface area contributed by atoms with Gasteiger partial charge in [0.2, 0.25) is 0 Å². The molecule has 0 amide bonds. The zero-order chi connectivity index (χ0) is 71.4. The van der Waals surface area contributed by atoms with Crippen LogP contribution in [0.5, 0.6) is 0 Å². The molecule has 0 saturated heterocycles. The van der Waals surface area contributed by atoms with Gasteiger partial charge in [-0.2, -0.15) is 0 Å². The lowest BCUT2D eigenvalue weighted by molar-refractivity contribution is -0.161. The Hall–Kier alpha value is -2.46. The Labute approximate surface area is 592 Å². The van der Waals surface area contributed by atoms with Crippen LogP contribution >= 0.6 is 15.6 Å². The molecule has 2 unspecified atom stereocenters.